The number of hydrogen-bond donors (Lipinski definition) is 1. The fourth-order valence-electron chi connectivity index (χ4n) is 1.09. The lowest BCUT2D eigenvalue weighted by Crippen LogP contribution is -2.22. The van der Waals surface area contributed by atoms with E-state index in [2.05, 4.69) is 5.32 Å². The highest BCUT2D eigenvalue weighted by atomic mass is 35.7. The molecule has 88 valence electrons. The lowest BCUT2D eigenvalue weighted by atomic mass is 10.2. The van der Waals surface area contributed by atoms with Crippen molar-refractivity contribution in [1.82, 2.24) is 5.32 Å². The Morgan fingerprint density at radius 3 is 2.62 bits per heavy atom. The SMILES string of the molecule is CCNC(=O)c1ccc(F)c(S(=O)(=O)Cl)c1. The normalized spacial score (nSPS) is 11.2. The molecule has 7 heteroatoms. The Kier molecular flexibility index (Phi) is 3.88. The number of halogens is 2. The number of carbonyl (C=O) groups is 1. The predicted octanol–water partition coefficient (Wildman–Crippen LogP) is 1.50. The summed E-state index contributed by atoms with van der Waals surface area (Å²) < 4.78 is 35.1. The molecule has 0 bridgehead atoms. The van der Waals surface area contributed by atoms with Crippen LogP contribution in [0.25, 0.3) is 0 Å². The molecular formula is C9H9ClFNO3S. The van der Waals surface area contributed by atoms with Crippen molar-refractivity contribution in [2.75, 3.05) is 6.54 Å². The van der Waals surface area contributed by atoms with Gasteiger partial charge in [0, 0.05) is 22.8 Å². The highest BCUT2D eigenvalue weighted by Crippen LogP contribution is 2.20. The first-order chi connectivity index (χ1) is 7.36. The molecule has 0 radical (unpaired) electrons. The van der Waals surface area contributed by atoms with Crippen LogP contribution in [-0.4, -0.2) is 20.9 Å². The van der Waals surface area contributed by atoms with Crippen LogP contribution in [0.4, 0.5) is 4.39 Å². The molecule has 0 atom stereocenters. The molecule has 1 rings (SSSR count). The summed E-state index contributed by atoms with van der Waals surface area (Å²) in [5.74, 6) is -1.47. The second kappa shape index (κ2) is 4.80. The summed E-state index contributed by atoms with van der Waals surface area (Å²) >= 11 is 0. The lowest BCUT2D eigenvalue weighted by molar-refractivity contribution is 0.0955. The summed E-state index contributed by atoms with van der Waals surface area (Å²) in [6, 6.07) is 2.98. The van der Waals surface area contributed by atoms with Crippen LogP contribution < -0.4 is 5.32 Å². The summed E-state index contributed by atoms with van der Waals surface area (Å²) in [6.45, 7) is 2.10. The first-order valence-corrected chi connectivity index (χ1v) is 6.69. The molecule has 1 aromatic carbocycles. The first kappa shape index (κ1) is 12.9. The summed E-state index contributed by atoms with van der Waals surface area (Å²) in [5, 5.41) is 2.46. The zero-order chi connectivity index (χ0) is 12.3. The Hall–Kier alpha value is -1.14. The summed E-state index contributed by atoms with van der Waals surface area (Å²) in [7, 11) is 0.831. The zero-order valence-electron chi connectivity index (χ0n) is 8.33. The van der Waals surface area contributed by atoms with Crippen LogP contribution in [0.2, 0.25) is 0 Å². The summed E-state index contributed by atoms with van der Waals surface area (Å²) in [6.07, 6.45) is 0. The van der Waals surface area contributed by atoms with Gasteiger partial charge in [-0.1, -0.05) is 0 Å². The van der Waals surface area contributed by atoms with Gasteiger partial charge in [0.2, 0.25) is 0 Å². The molecule has 0 fully saturated rings. The third-order valence-electron chi connectivity index (χ3n) is 1.79. The minimum Gasteiger partial charge on any atom is -0.352 e. The Bertz CT molecular complexity index is 515. The van der Waals surface area contributed by atoms with E-state index in [1.54, 1.807) is 6.92 Å². The van der Waals surface area contributed by atoms with E-state index in [0.717, 1.165) is 12.1 Å². The first-order valence-electron chi connectivity index (χ1n) is 4.38. The molecule has 0 aliphatic carbocycles. The third-order valence-corrected chi connectivity index (χ3v) is 3.13. The Balaban J connectivity index is 3.23. The standard InChI is InChI=1S/C9H9ClFNO3S/c1-2-12-9(13)6-3-4-7(11)8(5-6)16(10,14)15/h3-5H,2H2,1H3,(H,12,13). The maximum atomic E-state index is 13.1. The van der Waals surface area contributed by atoms with Crippen molar-refractivity contribution in [3.05, 3.63) is 29.6 Å². The Morgan fingerprint density at radius 2 is 2.12 bits per heavy atom. The van der Waals surface area contributed by atoms with Gasteiger partial charge in [-0.3, -0.25) is 4.79 Å². The van der Waals surface area contributed by atoms with Crippen molar-refractivity contribution in [3.8, 4) is 0 Å². The van der Waals surface area contributed by atoms with E-state index in [-0.39, 0.29) is 5.56 Å². The van der Waals surface area contributed by atoms with Crippen LogP contribution in [0, 0.1) is 5.82 Å². The molecule has 0 aliphatic heterocycles. The average molecular weight is 266 g/mol. The lowest BCUT2D eigenvalue weighted by Gasteiger charge is -2.04. The molecule has 1 aromatic rings. The Morgan fingerprint density at radius 1 is 1.50 bits per heavy atom. The highest BCUT2D eigenvalue weighted by molar-refractivity contribution is 8.13. The molecule has 0 aliphatic rings. The Labute approximate surface area is 96.8 Å². The van der Waals surface area contributed by atoms with E-state index in [9.17, 15) is 17.6 Å². The molecule has 4 nitrogen and oxygen atoms in total. The van der Waals surface area contributed by atoms with Gasteiger partial charge in [0.15, 0.2) is 0 Å². The van der Waals surface area contributed by atoms with Gasteiger partial charge in [0.25, 0.3) is 15.0 Å². The second-order valence-electron chi connectivity index (χ2n) is 2.94. The van der Waals surface area contributed by atoms with Gasteiger partial charge < -0.3 is 5.32 Å². The van der Waals surface area contributed by atoms with Gasteiger partial charge in [-0.05, 0) is 25.1 Å². The monoisotopic (exact) mass is 265 g/mol. The predicted molar refractivity (Wildman–Crippen MR) is 57.4 cm³/mol. The van der Waals surface area contributed by atoms with E-state index in [4.69, 9.17) is 10.7 Å². The van der Waals surface area contributed by atoms with E-state index in [1.807, 2.05) is 0 Å². The van der Waals surface area contributed by atoms with Gasteiger partial charge in [-0.2, -0.15) is 0 Å². The molecule has 0 heterocycles. The van der Waals surface area contributed by atoms with Gasteiger partial charge in [-0.15, -0.1) is 0 Å². The van der Waals surface area contributed by atoms with E-state index < -0.39 is 25.7 Å². The third kappa shape index (κ3) is 2.93. The van der Waals surface area contributed by atoms with Gasteiger partial charge >= 0.3 is 0 Å². The molecule has 0 saturated carbocycles. The van der Waals surface area contributed by atoms with Crippen molar-refractivity contribution in [2.45, 2.75) is 11.8 Å². The molecule has 0 saturated heterocycles. The number of benzene rings is 1. The van der Waals surface area contributed by atoms with Crippen LogP contribution in [0.1, 0.15) is 17.3 Å². The van der Waals surface area contributed by atoms with Crippen LogP contribution in [0.5, 0.6) is 0 Å². The van der Waals surface area contributed by atoms with Gasteiger partial charge in [-0.25, -0.2) is 12.8 Å². The van der Waals surface area contributed by atoms with Crippen LogP contribution in [0.3, 0.4) is 0 Å². The fourth-order valence-corrected chi connectivity index (χ4v) is 2.02. The maximum absolute atomic E-state index is 13.1. The number of nitrogens with one attached hydrogen (secondary N) is 1. The minimum absolute atomic E-state index is 0.0440. The number of carbonyl (C=O) groups excluding carboxylic acids is 1. The molecule has 0 unspecified atom stereocenters. The maximum Gasteiger partial charge on any atom is 0.264 e. The quantitative estimate of drug-likeness (QED) is 0.843. The topological polar surface area (TPSA) is 63.2 Å². The van der Waals surface area contributed by atoms with E-state index in [1.165, 1.54) is 6.07 Å². The summed E-state index contributed by atoms with van der Waals surface area (Å²) in [5.41, 5.74) is 0.0440. The second-order valence-corrected chi connectivity index (χ2v) is 5.48. The number of amides is 1. The van der Waals surface area contributed by atoms with Crippen molar-refractivity contribution in [2.24, 2.45) is 0 Å². The average Bonchev–Trinajstić information content (AvgIpc) is 2.16. The number of rotatable bonds is 3. The summed E-state index contributed by atoms with van der Waals surface area (Å²) in [4.78, 5) is 10.7. The van der Waals surface area contributed by atoms with E-state index >= 15 is 0 Å². The van der Waals surface area contributed by atoms with Crippen molar-refractivity contribution in [1.29, 1.82) is 0 Å². The molecule has 0 spiro atoms. The molecule has 0 aromatic heterocycles. The molecule has 1 N–H and O–H groups in total. The molecule has 16 heavy (non-hydrogen) atoms. The fraction of sp³-hybridized carbons (Fsp3) is 0.222. The smallest absolute Gasteiger partial charge is 0.264 e. The number of hydrogen-bond acceptors (Lipinski definition) is 3. The van der Waals surface area contributed by atoms with Crippen LogP contribution in [0.15, 0.2) is 23.1 Å². The molecule has 1 amide bonds. The van der Waals surface area contributed by atoms with Crippen molar-refractivity contribution in [3.63, 3.8) is 0 Å². The minimum atomic E-state index is -4.19. The van der Waals surface area contributed by atoms with E-state index in [0.29, 0.717) is 6.54 Å². The van der Waals surface area contributed by atoms with Crippen LogP contribution in [-0.2, 0) is 9.05 Å². The van der Waals surface area contributed by atoms with Gasteiger partial charge in [0.05, 0.1) is 0 Å². The van der Waals surface area contributed by atoms with Crippen molar-refractivity contribution >= 4 is 25.6 Å². The van der Waals surface area contributed by atoms with Gasteiger partial charge in [0.1, 0.15) is 10.7 Å². The van der Waals surface area contributed by atoms with Crippen LogP contribution >= 0.6 is 10.7 Å². The zero-order valence-corrected chi connectivity index (χ0v) is 9.90. The largest absolute Gasteiger partial charge is 0.352 e. The van der Waals surface area contributed by atoms with Crippen molar-refractivity contribution < 1.29 is 17.6 Å². The molecular weight excluding hydrogens is 257 g/mol. The highest BCUT2D eigenvalue weighted by Gasteiger charge is 2.18.